The van der Waals surface area contributed by atoms with Gasteiger partial charge in [-0.3, -0.25) is 0 Å². The molecule has 0 atom stereocenters. The van der Waals surface area contributed by atoms with E-state index >= 15 is 0 Å². The Hall–Kier alpha value is -2.11. The third-order valence-corrected chi connectivity index (χ3v) is 2.15. The highest BCUT2D eigenvalue weighted by Gasteiger charge is 2.01. The van der Waals surface area contributed by atoms with Crippen LogP contribution in [0.15, 0.2) is 23.0 Å². The number of anilines is 2. The molecule has 0 aromatic carbocycles. The smallest absolute Gasteiger partial charge is 0.133 e. The van der Waals surface area contributed by atoms with E-state index in [4.69, 9.17) is 4.52 Å². The van der Waals surface area contributed by atoms with E-state index in [0.29, 0.717) is 6.54 Å². The Morgan fingerprint density at radius 1 is 1.18 bits per heavy atom. The molecule has 0 amide bonds. The van der Waals surface area contributed by atoms with E-state index in [0.717, 1.165) is 29.6 Å². The van der Waals surface area contributed by atoms with E-state index < -0.39 is 0 Å². The first-order valence-electron chi connectivity index (χ1n) is 5.50. The van der Waals surface area contributed by atoms with E-state index in [9.17, 15) is 0 Å². The van der Waals surface area contributed by atoms with Gasteiger partial charge in [-0.1, -0.05) is 5.16 Å². The average Bonchev–Trinajstić information content (AvgIpc) is 2.74. The molecule has 0 bridgehead atoms. The quantitative estimate of drug-likeness (QED) is 0.820. The lowest BCUT2D eigenvalue weighted by Gasteiger charge is -2.05. The summed E-state index contributed by atoms with van der Waals surface area (Å²) in [6.45, 7) is 5.30. The summed E-state index contributed by atoms with van der Waals surface area (Å²) in [5, 5.41) is 10.2. The highest BCUT2D eigenvalue weighted by atomic mass is 16.5. The fourth-order valence-electron chi connectivity index (χ4n) is 1.41. The molecule has 2 aromatic rings. The minimum atomic E-state index is 0.583. The van der Waals surface area contributed by atoms with Crippen molar-refractivity contribution >= 4 is 11.6 Å². The van der Waals surface area contributed by atoms with Crippen LogP contribution < -0.4 is 10.6 Å². The average molecular weight is 233 g/mol. The van der Waals surface area contributed by atoms with Gasteiger partial charge in [-0.15, -0.1) is 0 Å². The zero-order chi connectivity index (χ0) is 12.1. The molecule has 0 fully saturated rings. The summed E-state index contributed by atoms with van der Waals surface area (Å²) >= 11 is 0. The second-order valence-electron chi connectivity index (χ2n) is 3.60. The van der Waals surface area contributed by atoms with E-state index in [-0.39, 0.29) is 0 Å². The van der Waals surface area contributed by atoms with Crippen LogP contribution in [0.1, 0.15) is 18.4 Å². The van der Waals surface area contributed by atoms with Crippen LogP contribution in [0.25, 0.3) is 0 Å². The Bertz CT molecular complexity index is 482. The van der Waals surface area contributed by atoms with Crippen LogP contribution in [0.5, 0.6) is 0 Å². The molecule has 0 spiro atoms. The van der Waals surface area contributed by atoms with Crippen molar-refractivity contribution in [2.24, 2.45) is 0 Å². The predicted molar refractivity (Wildman–Crippen MR) is 64.8 cm³/mol. The van der Waals surface area contributed by atoms with Gasteiger partial charge in [0.15, 0.2) is 0 Å². The lowest BCUT2D eigenvalue weighted by atomic mass is 10.4. The van der Waals surface area contributed by atoms with Crippen LogP contribution >= 0.6 is 0 Å². The number of hydrogen-bond acceptors (Lipinski definition) is 6. The number of hydrogen-bond donors (Lipinski definition) is 2. The number of nitrogens with one attached hydrogen (secondary N) is 2. The number of aromatic nitrogens is 3. The molecule has 0 aliphatic heterocycles. The van der Waals surface area contributed by atoms with E-state index in [1.807, 2.05) is 26.0 Å². The molecule has 6 nitrogen and oxygen atoms in total. The lowest BCUT2D eigenvalue weighted by molar-refractivity contribution is 0.391. The van der Waals surface area contributed by atoms with Gasteiger partial charge in [-0.05, 0) is 13.8 Å². The molecular weight excluding hydrogens is 218 g/mol. The van der Waals surface area contributed by atoms with Crippen molar-refractivity contribution in [3.63, 3.8) is 0 Å². The van der Waals surface area contributed by atoms with Crippen molar-refractivity contribution in [3.05, 3.63) is 29.9 Å². The summed E-state index contributed by atoms with van der Waals surface area (Å²) in [5.74, 6) is 2.37. The minimum absolute atomic E-state index is 0.583. The van der Waals surface area contributed by atoms with Crippen molar-refractivity contribution in [2.45, 2.75) is 20.4 Å². The molecule has 2 aromatic heterocycles. The monoisotopic (exact) mass is 233 g/mol. The molecule has 0 radical (unpaired) electrons. The van der Waals surface area contributed by atoms with Crippen LogP contribution in [0.2, 0.25) is 0 Å². The highest BCUT2D eigenvalue weighted by Crippen LogP contribution is 2.10. The molecule has 0 aliphatic carbocycles. The second-order valence-corrected chi connectivity index (χ2v) is 3.60. The van der Waals surface area contributed by atoms with Gasteiger partial charge in [0.2, 0.25) is 0 Å². The molecule has 0 aliphatic rings. The Kier molecular flexibility index (Phi) is 3.54. The third-order valence-electron chi connectivity index (χ3n) is 2.15. The van der Waals surface area contributed by atoms with Gasteiger partial charge in [0.1, 0.15) is 29.4 Å². The lowest BCUT2D eigenvalue weighted by Crippen LogP contribution is -2.04. The zero-order valence-electron chi connectivity index (χ0n) is 9.90. The summed E-state index contributed by atoms with van der Waals surface area (Å²) in [5.41, 5.74) is 0.853. The number of rotatable bonds is 5. The van der Waals surface area contributed by atoms with Crippen LogP contribution in [-0.2, 0) is 6.54 Å². The largest absolute Gasteiger partial charge is 0.370 e. The van der Waals surface area contributed by atoms with Crippen molar-refractivity contribution in [2.75, 3.05) is 17.2 Å². The van der Waals surface area contributed by atoms with Gasteiger partial charge < -0.3 is 15.2 Å². The molecule has 2 heterocycles. The first-order valence-corrected chi connectivity index (χ1v) is 5.50. The topological polar surface area (TPSA) is 75.9 Å². The maximum absolute atomic E-state index is 4.98. The maximum Gasteiger partial charge on any atom is 0.133 e. The molecule has 0 saturated carbocycles. The number of aryl methyl sites for hydroxylation is 1. The van der Waals surface area contributed by atoms with Gasteiger partial charge in [0, 0.05) is 18.7 Å². The predicted octanol–water partition coefficient (Wildman–Crippen LogP) is 1.82. The maximum atomic E-state index is 4.98. The number of nitrogens with zero attached hydrogens (tertiary/aromatic N) is 3. The summed E-state index contributed by atoms with van der Waals surface area (Å²) in [6.07, 6.45) is 1.52. The molecule has 17 heavy (non-hydrogen) atoms. The first kappa shape index (κ1) is 11.4. The Balaban J connectivity index is 1.96. The second kappa shape index (κ2) is 5.29. The molecule has 90 valence electrons. The summed E-state index contributed by atoms with van der Waals surface area (Å²) < 4.78 is 4.98. The van der Waals surface area contributed by atoms with Crippen molar-refractivity contribution in [3.8, 4) is 0 Å². The zero-order valence-corrected chi connectivity index (χ0v) is 9.90. The molecular formula is C11H15N5O. The highest BCUT2D eigenvalue weighted by molar-refractivity contribution is 5.46. The molecule has 0 saturated heterocycles. The Morgan fingerprint density at radius 3 is 2.59 bits per heavy atom. The first-order chi connectivity index (χ1) is 8.28. The SMILES string of the molecule is CCNc1cc(NCc2cc(C)on2)ncn1. The van der Waals surface area contributed by atoms with Crippen molar-refractivity contribution in [1.29, 1.82) is 0 Å². The van der Waals surface area contributed by atoms with Crippen molar-refractivity contribution < 1.29 is 4.52 Å². The van der Waals surface area contributed by atoms with Crippen LogP contribution in [-0.4, -0.2) is 21.7 Å². The van der Waals surface area contributed by atoms with Gasteiger partial charge in [0.25, 0.3) is 0 Å². The van der Waals surface area contributed by atoms with E-state index in [2.05, 4.69) is 25.8 Å². The van der Waals surface area contributed by atoms with Crippen LogP contribution in [0.4, 0.5) is 11.6 Å². The fraction of sp³-hybridized carbons (Fsp3) is 0.364. The Labute approximate surface area is 99.5 Å². The minimum Gasteiger partial charge on any atom is -0.370 e. The molecule has 2 N–H and O–H groups in total. The third kappa shape index (κ3) is 3.17. The molecule has 2 rings (SSSR count). The van der Waals surface area contributed by atoms with Crippen molar-refractivity contribution in [1.82, 2.24) is 15.1 Å². The van der Waals surface area contributed by atoms with Gasteiger partial charge in [-0.2, -0.15) is 0 Å². The standard InChI is InChI=1S/C11H15N5O/c1-3-12-10-5-11(15-7-14-10)13-6-9-4-8(2)17-16-9/h4-5,7H,3,6H2,1-2H3,(H2,12,13,14,15). The van der Waals surface area contributed by atoms with Gasteiger partial charge >= 0.3 is 0 Å². The molecule has 6 heteroatoms. The fourth-order valence-corrected chi connectivity index (χ4v) is 1.41. The van der Waals surface area contributed by atoms with E-state index in [1.54, 1.807) is 0 Å². The summed E-state index contributed by atoms with van der Waals surface area (Å²) in [6, 6.07) is 3.75. The molecule has 0 unspecified atom stereocenters. The summed E-state index contributed by atoms with van der Waals surface area (Å²) in [4.78, 5) is 8.21. The summed E-state index contributed by atoms with van der Waals surface area (Å²) in [7, 11) is 0. The van der Waals surface area contributed by atoms with Gasteiger partial charge in [-0.25, -0.2) is 9.97 Å². The van der Waals surface area contributed by atoms with E-state index in [1.165, 1.54) is 6.33 Å². The van der Waals surface area contributed by atoms with Crippen LogP contribution in [0, 0.1) is 6.92 Å². The Morgan fingerprint density at radius 2 is 1.94 bits per heavy atom. The normalized spacial score (nSPS) is 10.2. The van der Waals surface area contributed by atoms with Crippen LogP contribution in [0.3, 0.4) is 0 Å². The van der Waals surface area contributed by atoms with Gasteiger partial charge in [0.05, 0.1) is 6.54 Å².